The highest BCUT2D eigenvalue weighted by Gasteiger charge is 2.09. The van der Waals surface area contributed by atoms with Gasteiger partial charge in [0, 0.05) is 11.1 Å². The van der Waals surface area contributed by atoms with Crippen LogP contribution in [0, 0.1) is 0 Å². The van der Waals surface area contributed by atoms with Crippen LogP contribution in [0.2, 0.25) is 0 Å². The van der Waals surface area contributed by atoms with Crippen molar-refractivity contribution in [3.05, 3.63) is 22.4 Å². The van der Waals surface area contributed by atoms with Crippen molar-refractivity contribution >= 4 is 33.6 Å². The number of carbonyl (C=O) groups excluding carboxylic acids is 1. The first-order valence-electron chi connectivity index (χ1n) is 4.57. The number of amides is 1. The Morgan fingerprint density at radius 1 is 1.67 bits per heavy atom. The van der Waals surface area contributed by atoms with Crippen molar-refractivity contribution in [3.8, 4) is 0 Å². The summed E-state index contributed by atoms with van der Waals surface area (Å²) in [6.07, 6.45) is 1.83. The second-order valence-electron chi connectivity index (χ2n) is 3.45. The number of hydrogen-bond donors (Lipinski definition) is 1. The Labute approximate surface area is 102 Å². The van der Waals surface area contributed by atoms with E-state index in [1.807, 2.05) is 12.3 Å². The lowest BCUT2D eigenvalue weighted by atomic mass is 10.1. The van der Waals surface area contributed by atoms with E-state index in [-0.39, 0.29) is 5.91 Å². The first-order chi connectivity index (χ1) is 7.00. The van der Waals surface area contributed by atoms with Gasteiger partial charge in [-0.25, -0.2) is 4.98 Å². The van der Waals surface area contributed by atoms with Crippen LogP contribution in [-0.4, -0.2) is 16.6 Å². The Balaban J connectivity index is 2.91. The molecule has 1 amide bonds. The fraction of sp³-hybridized carbons (Fsp3) is 0.400. The zero-order valence-electron chi connectivity index (χ0n) is 8.66. The molecule has 0 aliphatic carbocycles. The lowest BCUT2D eigenvalue weighted by Gasteiger charge is -2.11. The van der Waals surface area contributed by atoms with Crippen LogP contribution in [0.4, 0.5) is 0 Å². The van der Waals surface area contributed by atoms with E-state index in [4.69, 9.17) is 5.73 Å². The van der Waals surface area contributed by atoms with Crippen LogP contribution < -0.4 is 5.73 Å². The standard InChI is InChI=1S/C10H13BrN2OS/c1-6(2)7-4-13-9(11)3-8(7)15-5-10(12)14/h3-4,6H,5H2,1-2H3,(H2,12,14). The van der Waals surface area contributed by atoms with Gasteiger partial charge in [0.15, 0.2) is 0 Å². The Hall–Kier alpha value is -0.550. The summed E-state index contributed by atoms with van der Waals surface area (Å²) < 4.78 is 0.777. The van der Waals surface area contributed by atoms with E-state index in [1.54, 1.807) is 0 Å². The maximum absolute atomic E-state index is 10.7. The highest BCUT2D eigenvalue weighted by molar-refractivity contribution is 9.10. The third-order valence-corrected chi connectivity index (χ3v) is 3.38. The maximum Gasteiger partial charge on any atom is 0.227 e. The number of primary amides is 1. The molecule has 1 aromatic heterocycles. The minimum absolute atomic E-state index is 0.302. The Morgan fingerprint density at radius 2 is 2.33 bits per heavy atom. The van der Waals surface area contributed by atoms with Crippen molar-refractivity contribution in [2.75, 3.05) is 5.75 Å². The molecule has 0 saturated heterocycles. The van der Waals surface area contributed by atoms with Gasteiger partial charge >= 0.3 is 0 Å². The maximum atomic E-state index is 10.7. The molecule has 0 aliphatic heterocycles. The number of nitrogens with two attached hydrogens (primary N) is 1. The molecule has 0 radical (unpaired) electrons. The van der Waals surface area contributed by atoms with Gasteiger partial charge in [-0.2, -0.15) is 0 Å². The van der Waals surface area contributed by atoms with Gasteiger partial charge in [-0.3, -0.25) is 4.79 Å². The second kappa shape index (κ2) is 5.51. The van der Waals surface area contributed by atoms with E-state index in [0.29, 0.717) is 11.7 Å². The number of nitrogens with zero attached hydrogens (tertiary/aromatic N) is 1. The van der Waals surface area contributed by atoms with Gasteiger partial charge in [0.1, 0.15) is 4.60 Å². The van der Waals surface area contributed by atoms with Gasteiger partial charge in [0.2, 0.25) is 5.91 Å². The molecule has 5 heteroatoms. The Kier molecular flexibility index (Phi) is 4.60. The first kappa shape index (κ1) is 12.5. The molecule has 82 valence electrons. The number of carbonyl (C=O) groups is 1. The van der Waals surface area contributed by atoms with Crippen molar-refractivity contribution in [3.63, 3.8) is 0 Å². The summed E-state index contributed by atoms with van der Waals surface area (Å²) in [6, 6.07) is 1.92. The van der Waals surface area contributed by atoms with Crippen LogP contribution in [0.5, 0.6) is 0 Å². The summed E-state index contributed by atoms with van der Waals surface area (Å²) in [5, 5.41) is 0. The predicted molar refractivity (Wildman–Crippen MR) is 65.9 cm³/mol. The Bertz CT molecular complexity index is 368. The average Bonchev–Trinajstić information content (AvgIpc) is 2.14. The number of pyridine rings is 1. The highest BCUT2D eigenvalue weighted by Crippen LogP contribution is 2.29. The fourth-order valence-corrected chi connectivity index (χ4v) is 2.56. The monoisotopic (exact) mass is 288 g/mol. The topological polar surface area (TPSA) is 56.0 Å². The number of hydrogen-bond acceptors (Lipinski definition) is 3. The van der Waals surface area contributed by atoms with Gasteiger partial charge in [0.05, 0.1) is 5.75 Å². The quantitative estimate of drug-likeness (QED) is 0.684. The van der Waals surface area contributed by atoms with Gasteiger partial charge in [-0.1, -0.05) is 13.8 Å². The zero-order valence-corrected chi connectivity index (χ0v) is 11.1. The van der Waals surface area contributed by atoms with Crippen molar-refractivity contribution in [1.82, 2.24) is 4.98 Å². The summed E-state index contributed by atoms with van der Waals surface area (Å²) in [5.74, 6) is 0.388. The van der Waals surface area contributed by atoms with Crippen molar-refractivity contribution < 1.29 is 4.79 Å². The molecule has 0 atom stereocenters. The normalized spacial score (nSPS) is 10.7. The smallest absolute Gasteiger partial charge is 0.227 e. The van der Waals surface area contributed by atoms with E-state index in [9.17, 15) is 4.79 Å². The number of halogens is 1. The fourth-order valence-electron chi connectivity index (χ4n) is 1.13. The van der Waals surface area contributed by atoms with Gasteiger partial charge in [0.25, 0.3) is 0 Å². The molecule has 0 spiro atoms. The molecule has 2 N–H and O–H groups in total. The van der Waals surface area contributed by atoms with Crippen LogP contribution in [0.25, 0.3) is 0 Å². The minimum Gasteiger partial charge on any atom is -0.369 e. The summed E-state index contributed by atoms with van der Waals surface area (Å²) in [5.41, 5.74) is 6.26. The van der Waals surface area contributed by atoms with Crippen molar-refractivity contribution in [1.29, 1.82) is 0 Å². The molecule has 0 fully saturated rings. The van der Waals surface area contributed by atoms with Crippen LogP contribution >= 0.6 is 27.7 Å². The van der Waals surface area contributed by atoms with Crippen LogP contribution in [-0.2, 0) is 4.79 Å². The number of rotatable bonds is 4. The van der Waals surface area contributed by atoms with Crippen molar-refractivity contribution in [2.24, 2.45) is 5.73 Å². The molecule has 15 heavy (non-hydrogen) atoms. The molecule has 0 saturated carbocycles. The van der Waals surface area contributed by atoms with E-state index >= 15 is 0 Å². The van der Waals surface area contributed by atoms with Gasteiger partial charge in [-0.05, 0) is 33.5 Å². The number of aromatic nitrogens is 1. The molecule has 0 aromatic carbocycles. The van der Waals surface area contributed by atoms with Crippen LogP contribution in [0.3, 0.4) is 0 Å². The van der Waals surface area contributed by atoms with Crippen LogP contribution in [0.15, 0.2) is 21.8 Å². The average molecular weight is 289 g/mol. The molecule has 1 heterocycles. The van der Waals surface area contributed by atoms with Gasteiger partial charge < -0.3 is 5.73 Å². The molecule has 1 aromatic rings. The zero-order chi connectivity index (χ0) is 11.4. The predicted octanol–water partition coefficient (Wildman–Crippen LogP) is 2.54. The summed E-state index contributed by atoms with van der Waals surface area (Å²) in [4.78, 5) is 15.9. The molecule has 3 nitrogen and oxygen atoms in total. The van der Waals surface area contributed by atoms with Crippen LogP contribution in [0.1, 0.15) is 25.3 Å². The molecule has 0 bridgehead atoms. The Morgan fingerprint density at radius 3 is 2.87 bits per heavy atom. The summed E-state index contributed by atoms with van der Waals surface area (Å²) >= 11 is 4.76. The largest absolute Gasteiger partial charge is 0.369 e. The minimum atomic E-state index is -0.303. The second-order valence-corrected chi connectivity index (χ2v) is 5.28. The highest BCUT2D eigenvalue weighted by atomic mass is 79.9. The van der Waals surface area contributed by atoms with Gasteiger partial charge in [-0.15, -0.1) is 11.8 Å². The summed E-state index contributed by atoms with van der Waals surface area (Å²) in [7, 11) is 0. The number of thioether (sulfide) groups is 1. The third kappa shape index (κ3) is 3.83. The molecule has 0 aliphatic rings. The molecular formula is C10H13BrN2OS. The lowest BCUT2D eigenvalue weighted by Crippen LogP contribution is -2.13. The third-order valence-electron chi connectivity index (χ3n) is 1.85. The first-order valence-corrected chi connectivity index (χ1v) is 6.35. The summed E-state index contributed by atoms with van der Waals surface area (Å²) in [6.45, 7) is 4.19. The van der Waals surface area contributed by atoms with E-state index < -0.39 is 0 Å². The molecular weight excluding hydrogens is 276 g/mol. The van der Waals surface area contributed by atoms with E-state index in [1.165, 1.54) is 11.8 Å². The lowest BCUT2D eigenvalue weighted by molar-refractivity contribution is -0.115. The van der Waals surface area contributed by atoms with E-state index in [0.717, 1.165) is 15.1 Å². The molecule has 0 unspecified atom stereocenters. The van der Waals surface area contributed by atoms with E-state index in [2.05, 4.69) is 34.8 Å². The van der Waals surface area contributed by atoms with Crippen molar-refractivity contribution in [2.45, 2.75) is 24.7 Å². The SMILES string of the molecule is CC(C)c1cnc(Br)cc1SCC(N)=O. The molecule has 1 rings (SSSR count).